The predicted molar refractivity (Wildman–Crippen MR) is 96.9 cm³/mol. The average Bonchev–Trinajstić information content (AvgIpc) is 2.95. The molecule has 0 fully saturated rings. The van der Waals surface area contributed by atoms with Crippen LogP contribution in [0.5, 0.6) is 0 Å². The molecule has 3 aromatic rings. The molecular formula is C19H18ClFN4. The van der Waals surface area contributed by atoms with Gasteiger partial charge in [0, 0.05) is 40.6 Å². The molecule has 1 N–H and O–H groups in total. The molecule has 2 aromatic heterocycles. The lowest BCUT2D eigenvalue weighted by molar-refractivity contribution is 0.345. The first-order chi connectivity index (χ1) is 12.0. The monoisotopic (exact) mass is 356 g/mol. The van der Waals surface area contributed by atoms with Crippen molar-refractivity contribution in [2.24, 2.45) is 0 Å². The molecule has 128 valence electrons. The minimum atomic E-state index is -0.369. The SMILES string of the molecule is CC1N[C@@H](C)Cn2nc(-c3ccc(Cl)cc3F)c(-c3ccncc3)c21. The van der Waals surface area contributed by atoms with Gasteiger partial charge < -0.3 is 5.32 Å². The molecule has 25 heavy (non-hydrogen) atoms. The van der Waals surface area contributed by atoms with Gasteiger partial charge in [-0.1, -0.05) is 11.6 Å². The first-order valence-electron chi connectivity index (χ1n) is 8.27. The number of benzene rings is 1. The largest absolute Gasteiger partial charge is 0.304 e. The summed E-state index contributed by atoms with van der Waals surface area (Å²) in [4.78, 5) is 4.10. The van der Waals surface area contributed by atoms with Gasteiger partial charge in [0.25, 0.3) is 0 Å². The van der Waals surface area contributed by atoms with Gasteiger partial charge in [-0.2, -0.15) is 5.10 Å². The van der Waals surface area contributed by atoms with Gasteiger partial charge in [0.05, 0.1) is 12.2 Å². The van der Waals surface area contributed by atoms with Crippen LogP contribution in [0.25, 0.3) is 22.4 Å². The second-order valence-electron chi connectivity index (χ2n) is 6.44. The van der Waals surface area contributed by atoms with Crippen LogP contribution in [-0.4, -0.2) is 20.8 Å². The summed E-state index contributed by atoms with van der Waals surface area (Å²) in [5, 5.41) is 8.68. The number of hydrogen-bond donors (Lipinski definition) is 1. The van der Waals surface area contributed by atoms with Crippen LogP contribution >= 0.6 is 11.6 Å². The number of hydrogen-bond acceptors (Lipinski definition) is 3. The maximum Gasteiger partial charge on any atom is 0.134 e. The molecule has 0 bridgehead atoms. The minimum Gasteiger partial charge on any atom is -0.304 e. The van der Waals surface area contributed by atoms with Crippen molar-refractivity contribution in [1.29, 1.82) is 0 Å². The predicted octanol–water partition coefficient (Wildman–Crippen LogP) is 4.46. The molecule has 0 saturated carbocycles. The van der Waals surface area contributed by atoms with Crippen molar-refractivity contribution in [3.63, 3.8) is 0 Å². The van der Waals surface area contributed by atoms with Gasteiger partial charge in [-0.25, -0.2) is 4.39 Å². The van der Waals surface area contributed by atoms with Crippen LogP contribution in [0.15, 0.2) is 42.7 Å². The molecule has 1 aliphatic rings. The van der Waals surface area contributed by atoms with Crippen LogP contribution in [0.4, 0.5) is 4.39 Å². The van der Waals surface area contributed by atoms with Crippen LogP contribution in [-0.2, 0) is 6.54 Å². The Kier molecular flexibility index (Phi) is 4.06. The van der Waals surface area contributed by atoms with Crippen molar-refractivity contribution < 1.29 is 4.39 Å². The van der Waals surface area contributed by atoms with Crippen molar-refractivity contribution in [3.05, 3.63) is 59.3 Å². The van der Waals surface area contributed by atoms with Gasteiger partial charge in [0.2, 0.25) is 0 Å². The van der Waals surface area contributed by atoms with Gasteiger partial charge in [-0.15, -0.1) is 0 Å². The van der Waals surface area contributed by atoms with E-state index in [2.05, 4.69) is 24.1 Å². The molecule has 1 aliphatic heterocycles. The lowest BCUT2D eigenvalue weighted by atomic mass is 9.96. The Morgan fingerprint density at radius 3 is 2.68 bits per heavy atom. The van der Waals surface area contributed by atoms with Crippen LogP contribution in [0.1, 0.15) is 25.6 Å². The fourth-order valence-corrected chi connectivity index (χ4v) is 3.70. The van der Waals surface area contributed by atoms with E-state index in [1.807, 2.05) is 16.8 Å². The summed E-state index contributed by atoms with van der Waals surface area (Å²) >= 11 is 5.92. The topological polar surface area (TPSA) is 42.7 Å². The standard InChI is InChI=1S/C19H18ClFN4/c1-11-10-25-19(12(2)23-11)17(13-5-7-22-8-6-13)18(24-25)15-4-3-14(20)9-16(15)21/h3-9,11-12,23H,10H2,1-2H3/t11-,12?/m0/s1. The van der Waals surface area contributed by atoms with E-state index in [1.54, 1.807) is 24.5 Å². The van der Waals surface area contributed by atoms with Crippen LogP contribution in [0, 0.1) is 5.82 Å². The Morgan fingerprint density at radius 1 is 1.20 bits per heavy atom. The van der Waals surface area contributed by atoms with E-state index in [-0.39, 0.29) is 11.9 Å². The summed E-state index contributed by atoms with van der Waals surface area (Å²) in [6.07, 6.45) is 3.48. The number of halogens is 2. The summed E-state index contributed by atoms with van der Waals surface area (Å²) in [7, 11) is 0. The van der Waals surface area contributed by atoms with Crippen LogP contribution < -0.4 is 5.32 Å². The third kappa shape index (κ3) is 2.83. The lowest BCUT2D eigenvalue weighted by Gasteiger charge is -2.28. The van der Waals surface area contributed by atoms with E-state index in [9.17, 15) is 4.39 Å². The molecule has 4 nitrogen and oxygen atoms in total. The third-order valence-corrected chi connectivity index (χ3v) is 4.77. The first-order valence-corrected chi connectivity index (χ1v) is 8.65. The van der Waals surface area contributed by atoms with Crippen molar-refractivity contribution in [1.82, 2.24) is 20.1 Å². The quantitative estimate of drug-likeness (QED) is 0.737. The Labute approximate surface area is 150 Å². The average molecular weight is 357 g/mol. The van der Waals surface area contributed by atoms with Crippen LogP contribution in [0.2, 0.25) is 5.02 Å². The molecule has 0 radical (unpaired) electrons. The van der Waals surface area contributed by atoms with Gasteiger partial charge in [-0.05, 0) is 49.7 Å². The molecule has 4 rings (SSSR count). The second-order valence-corrected chi connectivity index (χ2v) is 6.88. The van der Waals surface area contributed by atoms with Gasteiger partial charge >= 0.3 is 0 Å². The van der Waals surface area contributed by atoms with Crippen LogP contribution in [0.3, 0.4) is 0 Å². The molecule has 1 aromatic carbocycles. The highest BCUT2D eigenvalue weighted by atomic mass is 35.5. The number of fused-ring (bicyclic) bond motifs is 1. The lowest BCUT2D eigenvalue weighted by Crippen LogP contribution is -2.39. The zero-order valence-corrected chi connectivity index (χ0v) is 14.8. The van der Waals surface area contributed by atoms with E-state index in [4.69, 9.17) is 16.7 Å². The second kappa shape index (κ2) is 6.24. The molecule has 0 saturated heterocycles. The van der Waals surface area contributed by atoms with Gasteiger partial charge in [0.15, 0.2) is 0 Å². The maximum absolute atomic E-state index is 14.6. The fraction of sp³-hybridized carbons (Fsp3) is 0.263. The summed E-state index contributed by atoms with van der Waals surface area (Å²) in [6, 6.07) is 8.99. The van der Waals surface area contributed by atoms with Crippen molar-refractivity contribution in [2.75, 3.05) is 0 Å². The smallest absolute Gasteiger partial charge is 0.134 e. The highest BCUT2D eigenvalue weighted by Crippen LogP contribution is 2.39. The number of pyridine rings is 1. The van der Waals surface area contributed by atoms with E-state index in [1.165, 1.54) is 6.07 Å². The van der Waals surface area contributed by atoms with E-state index in [0.29, 0.717) is 22.3 Å². The molecule has 1 unspecified atom stereocenters. The van der Waals surface area contributed by atoms with E-state index >= 15 is 0 Å². The zero-order chi connectivity index (χ0) is 17.6. The summed E-state index contributed by atoms with van der Waals surface area (Å²) in [5.74, 6) is -0.369. The highest BCUT2D eigenvalue weighted by molar-refractivity contribution is 6.30. The van der Waals surface area contributed by atoms with Gasteiger partial charge in [-0.3, -0.25) is 9.67 Å². The number of nitrogens with zero attached hydrogens (tertiary/aromatic N) is 3. The summed E-state index contributed by atoms with van der Waals surface area (Å²) in [6.45, 7) is 4.97. The molecule has 3 heterocycles. The summed E-state index contributed by atoms with van der Waals surface area (Å²) < 4.78 is 16.6. The fourth-order valence-electron chi connectivity index (χ4n) is 3.55. The molecule has 0 spiro atoms. The summed E-state index contributed by atoms with van der Waals surface area (Å²) in [5.41, 5.74) is 4.07. The third-order valence-electron chi connectivity index (χ3n) is 4.54. The Morgan fingerprint density at radius 2 is 1.96 bits per heavy atom. The van der Waals surface area contributed by atoms with Crippen molar-refractivity contribution in [3.8, 4) is 22.4 Å². The highest BCUT2D eigenvalue weighted by Gasteiger charge is 2.30. The van der Waals surface area contributed by atoms with Crippen molar-refractivity contribution >= 4 is 11.6 Å². The first kappa shape index (κ1) is 16.2. The Bertz CT molecular complexity index is 923. The minimum absolute atomic E-state index is 0.114. The number of rotatable bonds is 2. The van der Waals surface area contributed by atoms with Gasteiger partial charge in [0.1, 0.15) is 11.5 Å². The maximum atomic E-state index is 14.6. The van der Waals surface area contributed by atoms with E-state index in [0.717, 1.165) is 23.4 Å². The zero-order valence-electron chi connectivity index (χ0n) is 14.0. The molecule has 6 heteroatoms. The molecular weight excluding hydrogens is 339 g/mol. The molecule has 0 aliphatic carbocycles. The Balaban J connectivity index is 2.00. The van der Waals surface area contributed by atoms with Crippen molar-refractivity contribution in [2.45, 2.75) is 32.5 Å². The number of aromatic nitrogens is 3. The normalized spacial score (nSPS) is 19.7. The molecule has 2 atom stereocenters. The molecule has 0 amide bonds. The Hall–Kier alpha value is -2.24. The van der Waals surface area contributed by atoms with E-state index < -0.39 is 0 Å². The number of nitrogens with one attached hydrogen (secondary N) is 1.